The van der Waals surface area contributed by atoms with Crippen LogP contribution in [0.25, 0.3) is 0 Å². The number of halogens is 4. The molecular formula is C31H32Cl2F2N2O7S. The fourth-order valence-electron chi connectivity index (χ4n) is 5.31. The van der Waals surface area contributed by atoms with Gasteiger partial charge in [-0.1, -0.05) is 59.6 Å². The van der Waals surface area contributed by atoms with Gasteiger partial charge in [0.1, 0.15) is 16.1 Å². The number of pyridine rings is 1. The highest BCUT2D eigenvalue weighted by Gasteiger charge is 2.36. The maximum absolute atomic E-state index is 13.4. The number of hydrogen-bond acceptors (Lipinski definition) is 7. The molecule has 14 heteroatoms. The summed E-state index contributed by atoms with van der Waals surface area (Å²) in [6.45, 7) is -2.49. The summed E-state index contributed by atoms with van der Waals surface area (Å²) in [7, 11) is -3.71. The molecular weight excluding hydrogens is 653 g/mol. The second kappa shape index (κ2) is 14.5. The van der Waals surface area contributed by atoms with Crippen molar-refractivity contribution in [3.05, 3.63) is 92.9 Å². The molecule has 0 radical (unpaired) electrons. The van der Waals surface area contributed by atoms with E-state index in [1.165, 1.54) is 22.5 Å². The Kier molecular flexibility index (Phi) is 10.7. The Labute approximate surface area is 270 Å². The number of alkyl halides is 2. The van der Waals surface area contributed by atoms with Crippen LogP contribution < -0.4 is 14.2 Å². The quantitative estimate of drug-likeness (QED) is 0.113. The van der Waals surface area contributed by atoms with Crippen molar-refractivity contribution in [2.24, 2.45) is 5.92 Å². The van der Waals surface area contributed by atoms with E-state index in [9.17, 15) is 27.2 Å². The summed E-state index contributed by atoms with van der Waals surface area (Å²) in [5.41, 5.74) is 1.34. The van der Waals surface area contributed by atoms with Crippen molar-refractivity contribution in [3.63, 3.8) is 0 Å². The molecule has 3 aromatic rings. The van der Waals surface area contributed by atoms with Crippen LogP contribution in [-0.2, 0) is 31.7 Å². The average Bonchev–Trinajstić information content (AvgIpc) is 3.68. The molecule has 0 N–H and O–H groups in total. The van der Waals surface area contributed by atoms with Crippen molar-refractivity contribution >= 4 is 39.2 Å². The highest BCUT2D eigenvalue weighted by molar-refractivity contribution is 7.88. The Morgan fingerprint density at radius 2 is 1.76 bits per heavy atom. The molecule has 1 aromatic heterocycles. The number of aromatic nitrogens is 1. The molecule has 0 bridgehead atoms. The summed E-state index contributed by atoms with van der Waals surface area (Å²) in [6.07, 6.45) is 3.90. The molecule has 1 aliphatic heterocycles. The molecule has 242 valence electrons. The van der Waals surface area contributed by atoms with E-state index in [1.807, 2.05) is 0 Å². The van der Waals surface area contributed by atoms with Crippen molar-refractivity contribution in [1.29, 1.82) is 0 Å². The lowest BCUT2D eigenvalue weighted by Crippen LogP contribution is -2.38. The summed E-state index contributed by atoms with van der Waals surface area (Å²) in [6, 6.07) is 12.4. The zero-order valence-electron chi connectivity index (χ0n) is 24.1. The maximum Gasteiger partial charge on any atom is 0.387 e. The Morgan fingerprint density at radius 1 is 1.04 bits per heavy atom. The smallest absolute Gasteiger partial charge is 0.387 e. The number of benzene rings is 2. The number of sulfonamides is 1. The van der Waals surface area contributed by atoms with Crippen molar-refractivity contribution in [2.45, 2.75) is 63.0 Å². The molecule has 1 saturated carbocycles. The number of esters is 1. The van der Waals surface area contributed by atoms with E-state index in [-0.39, 0.29) is 46.7 Å². The van der Waals surface area contributed by atoms with Gasteiger partial charge >= 0.3 is 12.6 Å². The fraction of sp³-hybridized carbons (Fsp3) is 0.419. The molecule has 0 amide bonds. The minimum atomic E-state index is -3.71. The van der Waals surface area contributed by atoms with Gasteiger partial charge in [-0.15, -0.1) is 0 Å². The standard InChI is InChI=1S/C31H32Cl2F2N2O7S/c32-25-16-36(39)17-26(33)24(25)15-28(22-10-11-27(44-31(34)35)29(13-22)42-18-20-8-9-20)43-30(38)14-23-7-4-12-37(23)45(40,41)19-21-5-2-1-3-6-21/h1-3,5-6,10-11,13,16-17,20,23,28,31H,4,7-9,12,14-15,18-19H2/t23-,28-/m0/s1. The average molecular weight is 686 g/mol. The Balaban J connectivity index is 1.39. The molecule has 0 unspecified atom stereocenters. The maximum atomic E-state index is 13.4. The molecule has 1 aliphatic carbocycles. The predicted octanol–water partition coefficient (Wildman–Crippen LogP) is 6.23. The summed E-state index contributed by atoms with van der Waals surface area (Å²) < 4.78 is 71.0. The first kappa shape index (κ1) is 33.2. The van der Waals surface area contributed by atoms with E-state index in [1.54, 1.807) is 30.3 Å². The lowest BCUT2D eigenvalue weighted by molar-refractivity contribution is -0.605. The highest BCUT2D eigenvalue weighted by atomic mass is 35.5. The van der Waals surface area contributed by atoms with Crippen LogP contribution in [0.3, 0.4) is 0 Å². The van der Waals surface area contributed by atoms with Gasteiger partial charge in [0.25, 0.3) is 0 Å². The largest absolute Gasteiger partial charge is 0.619 e. The zero-order chi connectivity index (χ0) is 32.1. The molecule has 5 rings (SSSR count). The minimum absolute atomic E-state index is 0.0374. The molecule has 45 heavy (non-hydrogen) atoms. The molecule has 2 heterocycles. The van der Waals surface area contributed by atoms with Crippen LogP contribution in [0.4, 0.5) is 8.78 Å². The van der Waals surface area contributed by atoms with Crippen LogP contribution in [0.5, 0.6) is 11.5 Å². The van der Waals surface area contributed by atoms with E-state index < -0.39 is 34.7 Å². The number of nitrogens with zero attached hydrogens (tertiary/aromatic N) is 2. The number of hydrogen-bond donors (Lipinski definition) is 0. The first-order chi connectivity index (χ1) is 21.5. The van der Waals surface area contributed by atoms with E-state index in [0.717, 1.165) is 25.2 Å². The Bertz CT molecular complexity index is 1590. The van der Waals surface area contributed by atoms with Gasteiger partial charge in [0.2, 0.25) is 10.0 Å². The molecule has 1 saturated heterocycles. The number of rotatable bonds is 14. The SMILES string of the molecule is O=C(C[C@@H]1CCCN1S(=O)(=O)Cc1ccccc1)O[C@@H](Cc1c(Cl)c[n+]([O-])cc1Cl)c1ccc(OC(F)F)c(OCC2CC2)c1. The van der Waals surface area contributed by atoms with Gasteiger partial charge in [0.15, 0.2) is 23.9 Å². The fourth-order valence-corrected chi connectivity index (χ4v) is 7.73. The third-order valence-corrected chi connectivity index (χ3v) is 10.3. The summed E-state index contributed by atoms with van der Waals surface area (Å²) in [5.74, 6) is -0.675. The van der Waals surface area contributed by atoms with Gasteiger partial charge in [0.05, 0.1) is 18.8 Å². The highest BCUT2D eigenvalue weighted by Crippen LogP contribution is 2.38. The topological polar surface area (TPSA) is 109 Å². The number of carbonyl (C=O) groups excluding carboxylic acids is 1. The Morgan fingerprint density at radius 3 is 2.42 bits per heavy atom. The number of ether oxygens (including phenoxy) is 3. The van der Waals surface area contributed by atoms with Crippen LogP contribution in [0.15, 0.2) is 60.9 Å². The summed E-state index contributed by atoms with van der Waals surface area (Å²) in [5, 5.41) is 11.9. The van der Waals surface area contributed by atoms with Gasteiger partial charge in [0, 0.05) is 24.6 Å². The first-order valence-electron chi connectivity index (χ1n) is 14.5. The van der Waals surface area contributed by atoms with Crippen LogP contribution >= 0.6 is 23.2 Å². The van der Waals surface area contributed by atoms with Crippen molar-refractivity contribution in [3.8, 4) is 11.5 Å². The minimum Gasteiger partial charge on any atom is -0.619 e. The summed E-state index contributed by atoms with van der Waals surface area (Å²) >= 11 is 12.7. The van der Waals surface area contributed by atoms with Gasteiger partial charge in [-0.25, -0.2) is 8.42 Å². The predicted molar refractivity (Wildman–Crippen MR) is 163 cm³/mol. The van der Waals surface area contributed by atoms with E-state index in [2.05, 4.69) is 4.74 Å². The van der Waals surface area contributed by atoms with Crippen molar-refractivity contribution < 1.29 is 40.9 Å². The third kappa shape index (κ3) is 8.96. The lowest BCUT2D eigenvalue weighted by atomic mass is 10.0. The normalized spacial score (nSPS) is 17.8. The molecule has 2 atom stereocenters. The Hall–Kier alpha value is -3.19. The van der Waals surface area contributed by atoms with Gasteiger partial charge in [-0.3, -0.25) is 4.79 Å². The number of carbonyl (C=O) groups is 1. The van der Waals surface area contributed by atoms with Crippen LogP contribution in [0.2, 0.25) is 10.0 Å². The molecule has 2 aliphatic rings. The van der Waals surface area contributed by atoms with Crippen LogP contribution in [0, 0.1) is 11.1 Å². The van der Waals surface area contributed by atoms with E-state index >= 15 is 0 Å². The molecule has 9 nitrogen and oxygen atoms in total. The van der Waals surface area contributed by atoms with E-state index in [0.29, 0.717) is 46.8 Å². The zero-order valence-corrected chi connectivity index (χ0v) is 26.4. The van der Waals surface area contributed by atoms with E-state index in [4.69, 9.17) is 32.7 Å². The third-order valence-electron chi connectivity index (χ3n) is 7.72. The molecule has 2 aromatic carbocycles. The van der Waals surface area contributed by atoms with Crippen molar-refractivity contribution in [2.75, 3.05) is 13.2 Å². The molecule has 2 fully saturated rings. The van der Waals surface area contributed by atoms with Crippen molar-refractivity contribution in [1.82, 2.24) is 4.31 Å². The monoisotopic (exact) mass is 684 g/mol. The van der Waals surface area contributed by atoms with Gasteiger partial charge in [-0.2, -0.15) is 17.8 Å². The van der Waals surface area contributed by atoms with Crippen LogP contribution in [-0.4, -0.2) is 44.5 Å². The summed E-state index contributed by atoms with van der Waals surface area (Å²) in [4.78, 5) is 13.4. The lowest BCUT2D eigenvalue weighted by Gasteiger charge is -2.25. The van der Waals surface area contributed by atoms with Gasteiger partial charge < -0.3 is 19.4 Å². The second-order valence-electron chi connectivity index (χ2n) is 11.2. The first-order valence-corrected chi connectivity index (χ1v) is 16.9. The second-order valence-corrected chi connectivity index (χ2v) is 13.9. The van der Waals surface area contributed by atoms with Gasteiger partial charge in [-0.05, 0) is 54.9 Å². The van der Waals surface area contributed by atoms with Crippen LogP contribution in [0.1, 0.15) is 54.9 Å². The molecule has 0 spiro atoms.